The first-order chi connectivity index (χ1) is 9.34. The number of aromatic amines is 1. The van der Waals surface area contributed by atoms with Crippen molar-refractivity contribution in [2.45, 2.75) is 31.9 Å². The molecule has 112 valence electrons. The fourth-order valence-electron chi connectivity index (χ4n) is 1.39. The van der Waals surface area contributed by atoms with Gasteiger partial charge in [-0.3, -0.25) is 0 Å². The second-order valence-electron chi connectivity index (χ2n) is 4.96. The summed E-state index contributed by atoms with van der Waals surface area (Å²) in [5, 5.41) is 14.1. The highest BCUT2D eigenvalue weighted by molar-refractivity contribution is 5.82. The van der Waals surface area contributed by atoms with Crippen molar-refractivity contribution in [3.8, 4) is 0 Å². The minimum absolute atomic E-state index is 0.135. The molecule has 0 unspecified atom stereocenters. The lowest BCUT2D eigenvalue weighted by Crippen LogP contribution is -2.50. The molecule has 1 rings (SSSR count). The first-order valence-corrected chi connectivity index (χ1v) is 6.13. The molecule has 0 aliphatic carbocycles. The zero-order valence-electron chi connectivity index (χ0n) is 11.8. The zero-order chi connectivity index (χ0) is 15.2. The van der Waals surface area contributed by atoms with Crippen molar-refractivity contribution >= 4 is 12.0 Å². The Morgan fingerprint density at radius 2 is 2.25 bits per heavy atom. The van der Waals surface area contributed by atoms with Gasteiger partial charge >= 0.3 is 12.0 Å². The fourth-order valence-corrected chi connectivity index (χ4v) is 1.39. The molecule has 1 aromatic rings. The summed E-state index contributed by atoms with van der Waals surface area (Å²) in [6.45, 7) is 3.89. The van der Waals surface area contributed by atoms with Crippen LogP contribution in [-0.2, 0) is 16.0 Å². The first-order valence-electron chi connectivity index (χ1n) is 6.13. The smallest absolute Gasteiger partial charge is 0.326 e. The summed E-state index contributed by atoms with van der Waals surface area (Å²) in [6, 6.07) is -1.58. The molecule has 8 nitrogen and oxygen atoms in total. The SMILES string of the molecule is COC(C)(C)CNC(=O)N[C@@H](Cc1cnc[nH]1)C(=O)O. The van der Waals surface area contributed by atoms with Crippen LogP contribution in [0, 0.1) is 0 Å². The Kier molecular flexibility index (Phi) is 5.51. The van der Waals surface area contributed by atoms with Gasteiger partial charge in [0.15, 0.2) is 0 Å². The fraction of sp³-hybridized carbons (Fsp3) is 0.583. The molecule has 0 fully saturated rings. The van der Waals surface area contributed by atoms with Crippen LogP contribution in [0.25, 0.3) is 0 Å². The Bertz CT molecular complexity index is 444. The predicted octanol–water partition coefficient (Wildman–Crippen LogP) is 0.130. The normalized spacial score (nSPS) is 12.8. The minimum Gasteiger partial charge on any atom is -0.480 e. The maximum atomic E-state index is 11.7. The van der Waals surface area contributed by atoms with Crippen LogP contribution in [-0.4, -0.2) is 52.4 Å². The topological polar surface area (TPSA) is 116 Å². The maximum absolute atomic E-state index is 11.7. The van der Waals surface area contributed by atoms with Crippen LogP contribution < -0.4 is 10.6 Å². The van der Waals surface area contributed by atoms with E-state index in [1.165, 1.54) is 19.6 Å². The molecule has 0 spiro atoms. The largest absolute Gasteiger partial charge is 0.480 e. The first kappa shape index (κ1) is 16.0. The van der Waals surface area contributed by atoms with Gasteiger partial charge in [0.2, 0.25) is 0 Å². The summed E-state index contributed by atoms with van der Waals surface area (Å²) < 4.78 is 5.15. The number of carboxylic acids is 1. The minimum atomic E-state index is -1.11. The van der Waals surface area contributed by atoms with E-state index < -0.39 is 23.6 Å². The van der Waals surface area contributed by atoms with Gasteiger partial charge in [-0.15, -0.1) is 0 Å². The molecule has 2 amide bonds. The van der Waals surface area contributed by atoms with Gasteiger partial charge in [0, 0.05) is 32.0 Å². The number of carboxylic acid groups (broad SMARTS) is 1. The van der Waals surface area contributed by atoms with Crippen molar-refractivity contribution in [2.24, 2.45) is 0 Å². The second kappa shape index (κ2) is 6.90. The van der Waals surface area contributed by atoms with Gasteiger partial charge in [0.1, 0.15) is 6.04 Å². The lowest BCUT2D eigenvalue weighted by molar-refractivity contribution is -0.139. The van der Waals surface area contributed by atoms with E-state index >= 15 is 0 Å². The molecule has 0 aliphatic rings. The van der Waals surface area contributed by atoms with Gasteiger partial charge in [0.05, 0.1) is 11.9 Å². The number of amides is 2. The van der Waals surface area contributed by atoms with Gasteiger partial charge in [-0.25, -0.2) is 14.6 Å². The molecular formula is C12H20N4O4. The van der Waals surface area contributed by atoms with Crippen LogP contribution in [0.3, 0.4) is 0 Å². The summed E-state index contributed by atoms with van der Waals surface area (Å²) in [6.07, 6.45) is 3.11. The Morgan fingerprint density at radius 1 is 1.55 bits per heavy atom. The highest BCUT2D eigenvalue weighted by atomic mass is 16.5. The van der Waals surface area contributed by atoms with E-state index in [0.717, 1.165) is 0 Å². The predicted molar refractivity (Wildman–Crippen MR) is 71.3 cm³/mol. The molecule has 0 bridgehead atoms. The van der Waals surface area contributed by atoms with E-state index in [9.17, 15) is 9.59 Å². The number of nitrogens with one attached hydrogen (secondary N) is 3. The molecule has 4 N–H and O–H groups in total. The number of carbonyl (C=O) groups is 2. The zero-order valence-corrected chi connectivity index (χ0v) is 11.8. The average Bonchev–Trinajstić information content (AvgIpc) is 2.88. The van der Waals surface area contributed by atoms with Gasteiger partial charge < -0.3 is 25.5 Å². The quantitative estimate of drug-likeness (QED) is 0.568. The monoisotopic (exact) mass is 284 g/mol. The molecule has 1 aromatic heterocycles. The van der Waals surface area contributed by atoms with Gasteiger partial charge in [-0.2, -0.15) is 0 Å². The number of H-pyrrole nitrogens is 1. The Labute approximate surface area is 116 Å². The number of methoxy groups -OCH3 is 1. The third-order valence-electron chi connectivity index (χ3n) is 2.81. The van der Waals surface area contributed by atoms with Crippen molar-refractivity contribution in [2.75, 3.05) is 13.7 Å². The van der Waals surface area contributed by atoms with Crippen molar-refractivity contribution in [1.82, 2.24) is 20.6 Å². The van der Waals surface area contributed by atoms with Crippen LogP contribution >= 0.6 is 0 Å². The van der Waals surface area contributed by atoms with Crippen LogP contribution in [0.15, 0.2) is 12.5 Å². The maximum Gasteiger partial charge on any atom is 0.326 e. The van der Waals surface area contributed by atoms with E-state index in [1.807, 2.05) is 13.8 Å². The standard InChI is InChI=1S/C12H20N4O4/c1-12(2,20-3)6-14-11(19)16-9(10(17)18)4-8-5-13-7-15-8/h5,7,9H,4,6H2,1-3H3,(H,13,15)(H,17,18)(H2,14,16,19)/t9-/m0/s1. The van der Waals surface area contributed by atoms with Crippen molar-refractivity contribution in [3.05, 3.63) is 18.2 Å². The Morgan fingerprint density at radius 3 is 2.75 bits per heavy atom. The van der Waals surface area contributed by atoms with E-state index in [2.05, 4.69) is 20.6 Å². The van der Waals surface area contributed by atoms with Crippen molar-refractivity contribution in [3.63, 3.8) is 0 Å². The summed E-state index contributed by atoms with van der Waals surface area (Å²) in [5.74, 6) is -1.11. The summed E-state index contributed by atoms with van der Waals surface area (Å²) in [7, 11) is 1.54. The number of hydrogen-bond acceptors (Lipinski definition) is 4. The molecular weight excluding hydrogens is 264 g/mol. The molecule has 1 atom stereocenters. The highest BCUT2D eigenvalue weighted by Gasteiger charge is 2.22. The number of imidazole rings is 1. The van der Waals surface area contributed by atoms with Crippen LogP contribution in [0.2, 0.25) is 0 Å². The van der Waals surface area contributed by atoms with Crippen molar-refractivity contribution in [1.29, 1.82) is 0 Å². The number of carbonyl (C=O) groups excluding carboxylic acids is 1. The molecule has 0 aliphatic heterocycles. The summed E-state index contributed by atoms with van der Waals surface area (Å²) >= 11 is 0. The molecule has 0 radical (unpaired) electrons. The number of rotatable bonds is 7. The van der Waals surface area contributed by atoms with E-state index in [4.69, 9.17) is 9.84 Å². The lowest BCUT2D eigenvalue weighted by Gasteiger charge is -2.23. The number of aliphatic carboxylic acids is 1. The molecule has 0 aromatic carbocycles. The third kappa shape index (κ3) is 5.27. The molecule has 0 saturated carbocycles. The number of ether oxygens (including phenoxy) is 1. The molecule has 20 heavy (non-hydrogen) atoms. The molecule has 1 heterocycles. The summed E-state index contributed by atoms with van der Waals surface area (Å²) in [4.78, 5) is 29.4. The van der Waals surface area contributed by atoms with Crippen LogP contribution in [0.4, 0.5) is 4.79 Å². The average molecular weight is 284 g/mol. The third-order valence-corrected chi connectivity index (χ3v) is 2.81. The van der Waals surface area contributed by atoms with Crippen LogP contribution in [0.1, 0.15) is 19.5 Å². The van der Waals surface area contributed by atoms with E-state index in [1.54, 1.807) is 0 Å². The summed E-state index contributed by atoms with van der Waals surface area (Å²) in [5.41, 5.74) is 0.120. The number of nitrogens with zero attached hydrogens (tertiary/aromatic N) is 1. The van der Waals surface area contributed by atoms with Crippen molar-refractivity contribution < 1.29 is 19.4 Å². The Balaban J connectivity index is 2.49. The van der Waals surface area contributed by atoms with Gasteiger partial charge in [-0.1, -0.05) is 0 Å². The second-order valence-corrected chi connectivity index (χ2v) is 4.96. The van der Waals surface area contributed by atoms with Gasteiger partial charge in [-0.05, 0) is 13.8 Å². The Hall–Kier alpha value is -2.09. The van der Waals surface area contributed by atoms with E-state index in [0.29, 0.717) is 5.69 Å². The number of aromatic nitrogens is 2. The molecule has 0 saturated heterocycles. The molecule has 8 heteroatoms. The van der Waals surface area contributed by atoms with Gasteiger partial charge in [0.25, 0.3) is 0 Å². The number of hydrogen-bond donors (Lipinski definition) is 4. The lowest BCUT2D eigenvalue weighted by atomic mass is 10.1. The highest BCUT2D eigenvalue weighted by Crippen LogP contribution is 2.04. The number of urea groups is 1. The van der Waals surface area contributed by atoms with E-state index in [-0.39, 0.29) is 13.0 Å². The van der Waals surface area contributed by atoms with Crippen LogP contribution in [0.5, 0.6) is 0 Å².